The standard InChI is InChI=1S/C10H15ClN4O3S/c1-10(2)9(16)12-4-5-15(10)19(17,18)8-7(11)6-13-14(8)3/h6H,4-5H2,1-3H3,(H,12,16). The molecule has 1 aliphatic rings. The highest BCUT2D eigenvalue weighted by Gasteiger charge is 2.46. The quantitative estimate of drug-likeness (QED) is 0.832. The van der Waals surface area contributed by atoms with E-state index in [4.69, 9.17) is 11.6 Å². The van der Waals surface area contributed by atoms with Gasteiger partial charge in [-0.1, -0.05) is 11.6 Å². The molecular formula is C10H15ClN4O3S. The maximum Gasteiger partial charge on any atom is 0.262 e. The number of nitrogens with zero attached hydrogens (tertiary/aromatic N) is 3. The van der Waals surface area contributed by atoms with Crippen molar-refractivity contribution >= 4 is 27.5 Å². The van der Waals surface area contributed by atoms with Gasteiger partial charge in [-0.05, 0) is 13.8 Å². The van der Waals surface area contributed by atoms with E-state index in [9.17, 15) is 13.2 Å². The number of sulfonamides is 1. The second-order valence-corrected chi connectivity index (χ2v) is 7.00. The van der Waals surface area contributed by atoms with E-state index >= 15 is 0 Å². The number of hydrogen-bond acceptors (Lipinski definition) is 4. The van der Waals surface area contributed by atoms with Crippen LogP contribution in [0.4, 0.5) is 0 Å². The van der Waals surface area contributed by atoms with E-state index in [1.807, 2.05) is 0 Å². The van der Waals surface area contributed by atoms with Gasteiger partial charge in [0.15, 0.2) is 5.03 Å². The second kappa shape index (κ2) is 4.46. The topological polar surface area (TPSA) is 84.3 Å². The van der Waals surface area contributed by atoms with Crippen molar-refractivity contribution in [2.24, 2.45) is 7.05 Å². The summed E-state index contributed by atoms with van der Waals surface area (Å²) in [5.74, 6) is -0.333. The first-order valence-corrected chi connectivity index (χ1v) is 7.49. The molecule has 106 valence electrons. The number of aromatic nitrogens is 2. The smallest absolute Gasteiger partial charge is 0.262 e. The Bertz CT molecular complexity index is 603. The third-order valence-electron chi connectivity index (χ3n) is 3.16. The Kier molecular flexibility index (Phi) is 3.36. The number of rotatable bonds is 2. The predicted octanol–water partition coefficient (Wildman–Crippen LogP) is -0.0274. The molecule has 7 nitrogen and oxygen atoms in total. The van der Waals surface area contributed by atoms with Crippen LogP contribution in [-0.4, -0.2) is 47.0 Å². The van der Waals surface area contributed by atoms with E-state index in [0.717, 1.165) is 4.31 Å². The minimum absolute atomic E-state index is 0.0456. The summed E-state index contributed by atoms with van der Waals surface area (Å²) in [6, 6.07) is 0. The molecule has 1 saturated heterocycles. The highest BCUT2D eigenvalue weighted by Crippen LogP contribution is 2.29. The molecule has 0 aromatic carbocycles. The van der Waals surface area contributed by atoms with E-state index < -0.39 is 15.6 Å². The molecule has 1 aromatic heterocycles. The second-order valence-electron chi connectivity index (χ2n) is 4.81. The first-order valence-electron chi connectivity index (χ1n) is 5.67. The Balaban J connectivity index is 2.54. The van der Waals surface area contributed by atoms with Gasteiger partial charge >= 0.3 is 0 Å². The number of carbonyl (C=O) groups is 1. The Morgan fingerprint density at radius 3 is 2.63 bits per heavy atom. The Morgan fingerprint density at radius 2 is 2.11 bits per heavy atom. The van der Waals surface area contributed by atoms with Crippen molar-refractivity contribution in [2.75, 3.05) is 13.1 Å². The maximum absolute atomic E-state index is 12.7. The number of carbonyl (C=O) groups excluding carboxylic acids is 1. The van der Waals surface area contributed by atoms with E-state index in [-0.39, 0.29) is 29.0 Å². The zero-order chi connectivity index (χ0) is 14.4. The molecule has 19 heavy (non-hydrogen) atoms. The zero-order valence-corrected chi connectivity index (χ0v) is 12.4. The Morgan fingerprint density at radius 1 is 1.47 bits per heavy atom. The van der Waals surface area contributed by atoms with Gasteiger partial charge in [-0.25, -0.2) is 8.42 Å². The lowest BCUT2D eigenvalue weighted by Gasteiger charge is -2.39. The molecule has 1 fully saturated rings. The third kappa shape index (κ3) is 2.13. The first kappa shape index (κ1) is 14.3. The van der Waals surface area contributed by atoms with E-state index in [1.54, 1.807) is 13.8 Å². The van der Waals surface area contributed by atoms with E-state index in [1.165, 1.54) is 17.9 Å². The summed E-state index contributed by atoms with van der Waals surface area (Å²) >= 11 is 5.89. The van der Waals surface area contributed by atoms with Crippen LogP contribution in [0.15, 0.2) is 11.2 Å². The maximum atomic E-state index is 12.7. The molecule has 0 bridgehead atoms. The summed E-state index contributed by atoms with van der Waals surface area (Å²) in [5.41, 5.74) is -1.16. The molecule has 2 rings (SSSR count). The average molecular weight is 307 g/mol. The van der Waals surface area contributed by atoms with Crippen LogP contribution in [0.1, 0.15) is 13.8 Å². The van der Waals surface area contributed by atoms with Crippen molar-refractivity contribution in [2.45, 2.75) is 24.4 Å². The molecule has 9 heteroatoms. The molecule has 1 N–H and O–H groups in total. The summed E-state index contributed by atoms with van der Waals surface area (Å²) in [6.07, 6.45) is 1.27. The number of hydrogen-bond donors (Lipinski definition) is 1. The van der Waals surface area contributed by atoms with E-state index in [2.05, 4.69) is 10.4 Å². The van der Waals surface area contributed by atoms with Crippen molar-refractivity contribution < 1.29 is 13.2 Å². The number of nitrogens with one attached hydrogen (secondary N) is 1. The summed E-state index contributed by atoms with van der Waals surface area (Å²) in [7, 11) is -2.38. The van der Waals surface area contributed by atoms with Crippen molar-refractivity contribution in [3.63, 3.8) is 0 Å². The molecular weight excluding hydrogens is 292 g/mol. The van der Waals surface area contributed by atoms with Gasteiger partial charge in [-0.2, -0.15) is 9.40 Å². The molecule has 1 aliphatic heterocycles. The summed E-state index contributed by atoms with van der Waals surface area (Å²) < 4.78 is 27.7. The first-order chi connectivity index (χ1) is 8.69. The highest BCUT2D eigenvalue weighted by molar-refractivity contribution is 7.89. The average Bonchev–Trinajstić information content (AvgIpc) is 2.62. The minimum Gasteiger partial charge on any atom is -0.353 e. The van der Waals surface area contributed by atoms with Crippen molar-refractivity contribution in [1.82, 2.24) is 19.4 Å². The summed E-state index contributed by atoms with van der Waals surface area (Å²) in [4.78, 5) is 11.8. The number of piperazine rings is 1. The molecule has 0 unspecified atom stereocenters. The molecule has 0 saturated carbocycles. The van der Waals surface area contributed by atoms with Gasteiger partial charge in [0, 0.05) is 20.1 Å². The van der Waals surface area contributed by atoms with Gasteiger partial charge in [0.1, 0.15) is 5.54 Å². The number of halogens is 1. The van der Waals surface area contributed by atoms with Crippen LogP contribution in [-0.2, 0) is 21.9 Å². The largest absolute Gasteiger partial charge is 0.353 e. The fourth-order valence-corrected chi connectivity index (χ4v) is 4.46. The van der Waals surface area contributed by atoms with Gasteiger partial charge in [0.25, 0.3) is 10.0 Å². The molecule has 0 radical (unpaired) electrons. The fraction of sp³-hybridized carbons (Fsp3) is 0.600. The summed E-state index contributed by atoms with van der Waals surface area (Å²) in [6.45, 7) is 3.59. The molecule has 0 atom stereocenters. The van der Waals surface area contributed by atoms with Crippen LogP contribution in [0.2, 0.25) is 5.02 Å². The van der Waals surface area contributed by atoms with Crippen molar-refractivity contribution in [3.8, 4) is 0 Å². The van der Waals surface area contributed by atoms with Gasteiger partial charge in [-0.15, -0.1) is 0 Å². The molecule has 1 aromatic rings. The van der Waals surface area contributed by atoms with Gasteiger partial charge in [0.2, 0.25) is 5.91 Å². The third-order valence-corrected chi connectivity index (χ3v) is 5.74. The predicted molar refractivity (Wildman–Crippen MR) is 69.2 cm³/mol. The summed E-state index contributed by atoms with van der Waals surface area (Å²) in [5, 5.41) is 6.42. The number of amides is 1. The molecule has 1 amide bonds. The van der Waals surface area contributed by atoms with Gasteiger partial charge in [-0.3, -0.25) is 9.48 Å². The van der Waals surface area contributed by atoms with Crippen LogP contribution in [0.3, 0.4) is 0 Å². The molecule has 0 spiro atoms. The lowest BCUT2D eigenvalue weighted by molar-refractivity contribution is -0.131. The monoisotopic (exact) mass is 306 g/mol. The Hall–Kier alpha value is -1.12. The molecule has 2 heterocycles. The zero-order valence-electron chi connectivity index (χ0n) is 10.8. The van der Waals surface area contributed by atoms with E-state index in [0.29, 0.717) is 0 Å². The van der Waals surface area contributed by atoms with Crippen molar-refractivity contribution in [1.29, 1.82) is 0 Å². The van der Waals surface area contributed by atoms with Crippen LogP contribution in [0.25, 0.3) is 0 Å². The minimum atomic E-state index is -3.88. The van der Waals surface area contributed by atoms with Crippen LogP contribution < -0.4 is 5.32 Å². The van der Waals surface area contributed by atoms with Crippen molar-refractivity contribution in [3.05, 3.63) is 11.2 Å². The SMILES string of the molecule is Cn1ncc(Cl)c1S(=O)(=O)N1CCNC(=O)C1(C)C. The van der Waals surface area contributed by atoms with Gasteiger partial charge in [0.05, 0.1) is 11.2 Å². The highest BCUT2D eigenvalue weighted by atomic mass is 35.5. The Labute approximate surface area is 116 Å². The van der Waals surface area contributed by atoms with Crippen LogP contribution in [0.5, 0.6) is 0 Å². The van der Waals surface area contributed by atoms with Gasteiger partial charge < -0.3 is 5.32 Å². The lowest BCUT2D eigenvalue weighted by atomic mass is 10.0. The lowest BCUT2D eigenvalue weighted by Crippen LogP contribution is -2.63. The normalized spacial score (nSPS) is 20.3. The molecule has 0 aliphatic carbocycles. The van der Waals surface area contributed by atoms with Crippen LogP contribution >= 0.6 is 11.6 Å². The van der Waals surface area contributed by atoms with Crippen LogP contribution in [0, 0.1) is 0 Å². The number of aryl methyl sites for hydroxylation is 1. The fourth-order valence-electron chi connectivity index (χ4n) is 2.09.